The summed E-state index contributed by atoms with van der Waals surface area (Å²) in [5, 5.41) is 0. The molecule has 1 fully saturated rings. The maximum Gasteiger partial charge on any atom is 0.258 e. The summed E-state index contributed by atoms with van der Waals surface area (Å²) in [6, 6.07) is 13.5. The Hall–Kier alpha value is -2.40. The lowest BCUT2D eigenvalue weighted by molar-refractivity contribution is 0.0504. The topological polar surface area (TPSA) is 38.8 Å². The summed E-state index contributed by atoms with van der Waals surface area (Å²) >= 11 is 0. The number of halogens is 1. The monoisotopic (exact) mass is 357 g/mol. The number of ether oxygens (including phenoxy) is 2. The molecule has 1 aliphatic rings. The van der Waals surface area contributed by atoms with Crippen LogP contribution in [0.2, 0.25) is 0 Å². The highest BCUT2D eigenvalue weighted by atomic mass is 19.1. The number of carbonyl (C=O) groups is 1. The van der Waals surface area contributed by atoms with E-state index >= 15 is 0 Å². The molecule has 0 bridgehead atoms. The fraction of sp³-hybridized carbons (Fsp3) is 0.381. The average molecular weight is 357 g/mol. The van der Waals surface area contributed by atoms with E-state index in [2.05, 4.69) is 0 Å². The van der Waals surface area contributed by atoms with Crippen LogP contribution < -0.4 is 4.74 Å². The third-order valence-corrected chi connectivity index (χ3v) is 4.44. The molecule has 2 aromatic carbocycles. The second-order valence-corrected chi connectivity index (χ2v) is 6.38. The maximum absolute atomic E-state index is 13.2. The number of nitrogens with zero attached hydrogens (tertiary/aromatic N) is 1. The molecule has 0 N–H and O–H groups in total. The normalized spacial score (nSPS) is 16.5. The number of benzene rings is 2. The molecule has 1 amide bonds. The van der Waals surface area contributed by atoms with E-state index in [1.807, 2.05) is 19.1 Å². The van der Waals surface area contributed by atoms with E-state index < -0.39 is 0 Å². The highest BCUT2D eigenvalue weighted by Gasteiger charge is 2.25. The van der Waals surface area contributed by atoms with Gasteiger partial charge in [0.2, 0.25) is 0 Å². The molecule has 0 aromatic heterocycles. The van der Waals surface area contributed by atoms with E-state index in [0.29, 0.717) is 31.0 Å². The van der Waals surface area contributed by atoms with Crippen molar-refractivity contribution in [2.45, 2.75) is 32.4 Å². The van der Waals surface area contributed by atoms with Crippen molar-refractivity contribution >= 4 is 5.91 Å². The van der Waals surface area contributed by atoms with Gasteiger partial charge in [-0.1, -0.05) is 24.3 Å². The van der Waals surface area contributed by atoms with Crippen LogP contribution in [0.15, 0.2) is 48.5 Å². The lowest BCUT2D eigenvalue weighted by atomic mass is 10.1. The molecule has 0 spiro atoms. The van der Waals surface area contributed by atoms with Crippen molar-refractivity contribution in [3.8, 4) is 5.75 Å². The largest absolute Gasteiger partial charge is 0.493 e. The van der Waals surface area contributed by atoms with Gasteiger partial charge in [0.1, 0.15) is 11.6 Å². The van der Waals surface area contributed by atoms with Crippen LogP contribution in [-0.2, 0) is 11.3 Å². The Kier molecular flexibility index (Phi) is 6.23. The summed E-state index contributed by atoms with van der Waals surface area (Å²) in [5.41, 5.74) is 1.42. The van der Waals surface area contributed by atoms with E-state index in [1.54, 1.807) is 29.2 Å². The minimum absolute atomic E-state index is 0.0404. The van der Waals surface area contributed by atoms with Gasteiger partial charge in [0, 0.05) is 19.7 Å². The first-order chi connectivity index (χ1) is 12.7. The highest BCUT2D eigenvalue weighted by molar-refractivity contribution is 5.97. The summed E-state index contributed by atoms with van der Waals surface area (Å²) in [4.78, 5) is 15.0. The number of hydrogen-bond acceptors (Lipinski definition) is 3. The second kappa shape index (κ2) is 8.81. The molecule has 2 aromatic rings. The van der Waals surface area contributed by atoms with Gasteiger partial charge in [0.15, 0.2) is 0 Å². The van der Waals surface area contributed by atoms with Gasteiger partial charge in [-0.2, -0.15) is 0 Å². The Balaban J connectivity index is 1.83. The van der Waals surface area contributed by atoms with Crippen molar-refractivity contribution in [1.82, 2.24) is 4.90 Å². The zero-order valence-corrected chi connectivity index (χ0v) is 15.0. The number of hydrogen-bond donors (Lipinski definition) is 0. The fourth-order valence-corrected chi connectivity index (χ4v) is 3.16. The molecule has 1 unspecified atom stereocenters. The van der Waals surface area contributed by atoms with Crippen molar-refractivity contribution in [2.24, 2.45) is 0 Å². The van der Waals surface area contributed by atoms with Gasteiger partial charge in [-0.05, 0) is 49.6 Å². The molecule has 3 rings (SSSR count). The number of rotatable bonds is 7. The molecule has 1 saturated heterocycles. The SMILES string of the molecule is CCOc1ccccc1C(=O)N(Cc1ccc(F)cc1)CC1CCCO1. The van der Waals surface area contributed by atoms with E-state index in [1.165, 1.54) is 12.1 Å². The molecule has 0 saturated carbocycles. The van der Waals surface area contributed by atoms with E-state index in [-0.39, 0.29) is 17.8 Å². The molecule has 138 valence electrons. The van der Waals surface area contributed by atoms with Gasteiger partial charge < -0.3 is 14.4 Å². The van der Waals surface area contributed by atoms with Crippen LogP contribution in [0, 0.1) is 5.82 Å². The van der Waals surface area contributed by atoms with Crippen LogP contribution in [0.5, 0.6) is 5.75 Å². The summed E-state index contributed by atoms with van der Waals surface area (Å²) in [7, 11) is 0. The molecule has 1 atom stereocenters. The molecule has 5 heteroatoms. The van der Waals surface area contributed by atoms with Crippen molar-refractivity contribution < 1.29 is 18.7 Å². The Morgan fingerprint density at radius 2 is 2.00 bits per heavy atom. The van der Waals surface area contributed by atoms with Crippen LogP contribution in [-0.4, -0.2) is 36.7 Å². The lowest BCUT2D eigenvalue weighted by Gasteiger charge is -2.26. The van der Waals surface area contributed by atoms with Gasteiger partial charge in [-0.3, -0.25) is 4.79 Å². The third-order valence-electron chi connectivity index (χ3n) is 4.44. The van der Waals surface area contributed by atoms with Gasteiger partial charge in [-0.15, -0.1) is 0 Å². The average Bonchev–Trinajstić information content (AvgIpc) is 3.16. The highest BCUT2D eigenvalue weighted by Crippen LogP contribution is 2.23. The summed E-state index contributed by atoms with van der Waals surface area (Å²) in [6.45, 7) is 4.03. The smallest absolute Gasteiger partial charge is 0.258 e. The van der Waals surface area contributed by atoms with Crippen molar-refractivity contribution in [3.63, 3.8) is 0 Å². The molecule has 1 heterocycles. The van der Waals surface area contributed by atoms with Crippen LogP contribution >= 0.6 is 0 Å². The Morgan fingerprint density at radius 1 is 1.23 bits per heavy atom. The van der Waals surface area contributed by atoms with Gasteiger partial charge in [0.05, 0.1) is 18.3 Å². The first-order valence-corrected chi connectivity index (χ1v) is 9.04. The van der Waals surface area contributed by atoms with E-state index in [9.17, 15) is 9.18 Å². The van der Waals surface area contributed by atoms with Gasteiger partial charge in [-0.25, -0.2) is 4.39 Å². The predicted octanol–water partition coefficient (Wildman–Crippen LogP) is 4.05. The standard InChI is InChI=1S/C21H24FNO3/c1-2-25-20-8-4-3-7-19(20)21(24)23(15-18-6-5-13-26-18)14-16-9-11-17(22)12-10-16/h3-4,7-12,18H,2,5-6,13-15H2,1H3. The zero-order chi connectivity index (χ0) is 18.4. The van der Waals surface area contributed by atoms with Crippen LogP contribution in [0.1, 0.15) is 35.7 Å². The summed E-state index contributed by atoms with van der Waals surface area (Å²) < 4.78 is 24.5. The molecule has 1 aliphatic heterocycles. The number of para-hydroxylation sites is 1. The minimum Gasteiger partial charge on any atom is -0.493 e. The van der Waals surface area contributed by atoms with Gasteiger partial charge in [0.25, 0.3) is 5.91 Å². The third kappa shape index (κ3) is 4.61. The Morgan fingerprint density at radius 3 is 2.69 bits per heavy atom. The van der Waals surface area contributed by atoms with E-state index in [4.69, 9.17) is 9.47 Å². The van der Waals surface area contributed by atoms with Crippen LogP contribution in [0.25, 0.3) is 0 Å². The van der Waals surface area contributed by atoms with Crippen LogP contribution in [0.3, 0.4) is 0 Å². The summed E-state index contributed by atoms with van der Waals surface area (Å²) in [6.07, 6.45) is 2.00. The minimum atomic E-state index is -0.285. The lowest BCUT2D eigenvalue weighted by Crippen LogP contribution is -2.37. The molecule has 0 radical (unpaired) electrons. The quantitative estimate of drug-likeness (QED) is 0.750. The number of amides is 1. The maximum atomic E-state index is 13.2. The first-order valence-electron chi connectivity index (χ1n) is 9.04. The molecule has 0 aliphatic carbocycles. The summed E-state index contributed by atoms with van der Waals surface area (Å²) in [5.74, 6) is 0.192. The van der Waals surface area contributed by atoms with Gasteiger partial charge >= 0.3 is 0 Å². The second-order valence-electron chi connectivity index (χ2n) is 6.38. The predicted molar refractivity (Wildman–Crippen MR) is 97.7 cm³/mol. The van der Waals surface area contributed by atoms with Crippen molar-refractivity contribution in [1.29, 1.82) is 0 Å². The molecule has 26 heavy (non-hydrogen) atoms. The van der Waals surface area contributed by atoms with Crippen molar-refractivity contribution in [2.75, 3.05) is 19.8 Å². The fourth-order valence-electron chi connectivity index (χ4n) is 3.16. The Bertz CT molecular complexity index is 726. The Labute approximate surface area is 153 Å². The molecular weight excluding hydrogens is 333 g/mol. The van der Waals surface area contributed by atoms with Crippen molar-refractivity contribution in [3.05, 3.63) is 65.5 Å². The zero-order valence-electron chi connectivity index (χ0n) is 15.0. The number of carbonyl (C=O) groups excluding carboxylic acids is 1. The molecular formula is C21H24FNO3. The molecule has 4 nitrogen and oxygen atoms in total. The van der Waals surface area contributed by atoms with Crippen LogP contribution in [0.4, 0.5) is 4.39 Å². The van der Waals surface area contributed by atoms with E-state index in [0.717, 1.165) is 25.0 Å². The first kappa shape index (κ1) is 18.4.